The van der Waals surface area contributed by atoms with Gasteiger partial charge >= 0.3 is 0 Å². The highest BCUT2D eigenvalue weighted by molar-refractivity contribution is 9.10. The lowest BCUT2D eigenvalue weighted by molar-refractivity contribution is -0.116. The second-order valence-electron chi connectivity index (χ2n) is 5.15. The van der Waals surface area contributed by atoms with Crippen LogP contribution in [0, 0.1) is 20.8 Å². The van der Waals surface area contributed by atoms with Gasteiger partial charge in [0, 0.05) is 11.9 Å². The van der Waals surface area contributed by atoms with Crippen molar-refractivity contribution in [3.05, 3.63) is 62.0 Å². The number of halogens is 1. The van der Waals surface area contributed by atoms with Crippen LogP contribution in [0.4, 0.5) is 5.69 Å². The molecule has 1 aromatic carbocycles. The molecule has 0 aliphatic carbocycles. The zero-order valence-corrected chi connectivity index (χ0v) is 13.8. The van der Waals surface area contributed by atoms with E-state index in [1.807, 2.05) is 39.0 Å². The van der Waals surface area contributed by atoms with Crippen LogP contribution < -0.4 is 10.9 Å². The zero-order valence-electron chi connectivity index (χ0n) is 12.2. The number of carbonyl (C=O) groups excluding carboxylic acids is 1. The number of amides is 1. The van der Waals surface area contributed by atoms with Crippen molar-refractivity contribution in [3.8, 4) is 0 Å². The smallest absolute Gasteiger partial charge is 0.265 e. The lowest BCUT2D eigenvalue weighted by Crippen LogP contribution is -2.27. The molecule has 1 heterocycles. The maximum Gasteiger partial charge on any atom is 0.265 e. The van der Waals surface area contributed by atoms with E-state index in [9.17, 15) is 9.59 Å². The number of nitrogens with one attached hydrogen (secondary N) is 1. The molecule has 0 fully saturated rings. The minimum Gasteiger partial charge on any atom is -0.325 e. The molecule has 0 aliphatic rings. The van der Waals surface area contributed by atoms with Crippen molar-refractivity contribution in [2.45, 2.75) is 27.3 Å². The molecule has 0 spiro atoms. The van der Waals surface area contributed by atoms with E-state index in [0.717, 1.165) is 16.8 Å². The molecule has 0 atom stereocenters. The molecule has 1 amide bonds. The lowest BCUT2D eigenvalue weighted by atomic mass is 10.1. The number of pyridine rings is 1. The Bertz CT molecular complexity index is 750. The van der Waals surface area contributed by atoms with Crippen LogP contribution in [0.2, 0.25) is 0 Å². The lowest BCUT2D eigenvalue weighted by Gasteiger charge is -2.10. The third kappa shape index (κ3) is 3.82. The Balaban J connectivity index is 2.15. The number of benzene rings is 1. The van der Waals surface area contributed by atoms with Crippen LogP contribution in [-0.4, -0.2) is 10.5 Å². The Morgan fingerprint density at radius 1 is 1.19 bits per heavy atom. The van der Waals surface area contributed by atoms with Gasteiger partial charge in [-0.2, -0.15) is 0 Å². The van der Waals surface area contributed by atoms with Gasteiger partial charge in [-0.1, -0.05) is 6.07 Å². The second kappa shape index (κ2) is 6.26. The molecular formula is C16H17BrN2O2. The van der Waals surface area contributed by atoms with Crippen molar-refractivity contribution < 1.29 is 4.79 Å². The van der Waals surface area contributed by atoms with Crippen molar-refractivity contribution in [1.29, 1.82) is 0 Å². The maximum absolute atomic E-state index is 12.1. The fourth-order valence-electron chi connectivity index (χ4n) is 2.03. The molecule has 21 heavy (non-hydrogen) atoms. The summed E-state index contributed by atoms with van der Waals surface area (Å²) >= 11 is 3.21. The van der Waals surface area contributed by atoms with E-state index in [2.05, 4.69) is 21.2 Å². The van der Waals surface area contributed by atoms with Crippen molar-refractivity contribution in [2.24, 2.45) is 0 Å². The van der Waals surface area contributed by atoms with Gasteiger partial charge in [0.25, 0.3) is 5.56 Å². The van der Waals surface area contributed by atoms with E-state index in [1.165, 1.54) is 10.1 Å². The van der Waals surface area contributed by atoms with E-state index >= 15 is 0 Å². The summed E-state index contributed by atoms with van der Waals surface area (Å²) in [5.41, 5.74) is 3.73. The minimum atomic E-state index is -0.224. The molecular weight excluding hydrogens is 332 g/mol. The largest absolute Gasteiger partial charge is 0.325 e. The molecule has 4 nitrogen and oxygen atoms in total. The monoisotopic (exact) mass is 348 g/mol. The number of aryl methyl sites for hydroxylation is 3. The predicted octanol–water partition coefficient (Wildman–Crippen LogP) is 3.17. The van der Waals surface area contributed by atoms with E-state index in [1.54, 1.807) is 12.3 Å². The van der Waals surface area contributed by atoms with Gasteiger partial charge < -0.3 is 9.88 Å². The van der Waals surface area contributed by atoms with Crippen LogP contribution in [0.3, 0.4) is 0 Å². The SMILES string of the molecule is Cc1cc(Br)c(=O)n(CC(=O)Nc2ccc(C)c(C)c2)c1. The first-order valence-electron chi connectivity index (χ1n) is 6.60. The summed E-state index contributed by atoms with van der Waals surface area (Å²) in [5.74, 6) is -0.224. The predicted molar refractivity (Wildman–Crippen MR) is 87.7 cm³/mol. The molecule has 2 rings (SSSR count). The molecule has 0 saturated heterocycles. The number of hydrogen-bond donors (Lipinski definition) is 1. The van der Waals surface area contributed by atoms with Gasteiger partial charge in [-0.3, -0.25) is 9.59 Å². The highest BCUT2D eigenvalue weighted by Crippen LogP contribution is 2.14. The molecule has 0 saturated carbocycles. The van der Waals surface area contributed by atoms with Gasteiger partial charge in [0.1, 0.15) is 6.54 Å². The summed E-state index contributed by atoms with van der Waals surface area (Å²) in [6.07, 6.45) is 1.67. The third-order valence-corrected chi connectivity index (χ3v) is 3.85. The molecule has 2 aromatic rings. The quantitative estimate of drug-likeness (QED) is 0.925. The van der Waals surface area contributed by atoms with E-state index in [-0.39, 0.29) is 18.0 Å². The molecule has 0 radical (unpaired) electrons. The second-order valence-corrected chi connectivity index (χ2v) is 6.00. The normalized spacial score (nSPS) is 10.5. The molecule has 5 heteroatoms. The highest BCUT2D eigenvalue weighted by atomic mass is 79.9. The van der Waals surface area contributed by atoms with Gasteiger partial charge in [-0.25, -0.2) is 0 Å². The molecule has 1 aromatic heterocycles. The summed E-state index contributed by atoms with van der Waals surface area (Å²) < 4.78 is 1.86. The average Bonchev–Trinajstić information content (AvgIpc) is 2.39. The van der Waals surface area contributed by atoms with Crippen LogP contribution in [0.15, 0.2) is 39.7 Å². The van der Waals surface area contributed by atoms with Gasteiger partial charge in [-0.05, 0) is 71.6 Å². The molecule has 0 bridgehead atoms. The zero-order chi connectivity index (χ0) is 15.6. The number of carbonyl (C=O) groups is 1. The summed E-state index contributed by atoms with van der Waals surface area (Å²) in [4.78, 5) is 24.0. The Morgan fingerprint density at radius 2 is 1.90 bits per heavy atom. The van der Waals surface area contributed by atoms with E-state index in [4.69, 9.17) is 0 Å². The summed E-state index contributed by atoms with van der Waals surface area (Å²) in [6, 6.07) is 7.47. The summed E-state index contributed by atoms with van der Waals surface area (Å²) in [5, 5.41) is 2.81. The topological polar surface area (TPSA) is 51.1 Å². The first-order valence-corrected chi connectivity index (χ1v) is 7.40. The number of anilines is 1. The minimum absolute atomic E-state index is 0.00790. The molecule has 110 valence electrons. The standard InChI is InChI=1S/C16H17BrN2O2/c1-10-6-14(17)16(21)19(8-10)9-15(20)18-13-5-4-11(2)12(3)7-13/h4-8H,9H2,1-3H3,(H,18,20). The molecule has 1 N–H and O–H groups in total. The van der Waals surface area contributed by atoms with Crippen molar-refractivity contribution in [2.75, 3.05) is 5.32 Å². The summed E-state index contributed by atoms with van der Waals surface area (Å²) in [6.45, 7) is 5.88. The third-order valence-electron chi connectivity index (χ3n) is 3.28. The fourth-order valence-corrected chi connectivity index (χ4v) is 2.62. The van der Waals surface area contributed by atoms with E-state index < -0.39 is 0 Å². The van der Waals surface area contributed by atoms with Crippen molar-refractivity contribution in [1.82, 2.24) is 4.57 Å². The van der Waals surface area contributed by atoms with Crippen LogP contribution in [-0.2, 0) is 11.3 Å². The first-order chi connectivity index (χ1) is 9.86. The Hall–Kier alpha value is -1.88. The molecule has 0 unspecified atom stereocenters. The van der Waals surface area contributed by atoms with Gasteiger partial charge in [0.2, 0.25) is 5.91 Å². The Kier molecular flexibility index (Phi) is 4.63. The van der Waals surface area contributed by atoms with E-state index in [0.29, 0.717) is 4.47 Å². The van der Waals surface area contributed by atoms with Gasteiger partial charge in [-0.15, -0.1) is 0 Å². The molecule has 0 aliphatic heterocycles. The van der Waals surface area contributed by atoms with Crippen molar-refractivity contribution >= 4 is 27.5 Å². The average molecular weight is 349 g/mol. The van der Waals surface area contributed by atoms with Gasteiger partial charge in [0.05, 0.1) is 4.47 Å². The fraction of sp³-hybridized carbons (Fsp3) is 0.250. The van der Waals surface area contributed by atoms with Crippen molar-refractivity contribution in [3.63, 3.8) is 0 Å². The maximum atomic E-state index is 12.1. The summed E-state index contributed by atoms with van der Waals surface area (Å²) in [7, 11) is 0. The van der Waals surface area contributed by atoms with Crippen LogP contribution in [0.25, 0.3) is 0 Å². The highest BCUT2D eigenvalue weighted by Gasteiger charge is 2.08. The number of rotatable bonds is 3. The van der Waals surface area contributed by atoms with Crippen LogP contribution in [0.1, 0.15) is 16.7 Å². The Morgan fingerprint density at radius 3 is 2.57 bits per heavy atom. The number of hydrogen-bond acceptors (Lipinski definition) is 2. The Labute approximate surface area is 131 Å². The van der Waals surface area contributed by atoms with Crippen LogP contribution >= 0.6 is 15.9 Å². The van der Waals surface area contributed by atoms with Crippen LogP contribution in [0.5, 0.6) is 0 Å². The first kappa shape index (κ1) is 15.5. The number of aromatic nitrogens is 1. The number of nitrogens with zero attached hydrogens (tertiary/aromatic N) is 1. The van der Waals surface area contributed by atoms with Gasteiger partial charge in [0.15, 0.2) is 0 Å².